The fraction of sp³-hybridized carbons (Fsp3) is 0.267. The zero-order chi connectivity index (χ0) is 13.9. The van der Waals surface area contributed by atoms with E-state index in [9.17, 15) is 9.59 Å². The Hall–Kier alpha value is -2.43. The standard InChI is InChI=1S/C15H15N3O2/c19-14-7-6-10(9-17-14)15(20)18-13-5-1-4-12-11(13)3-2-8-16-12/h1-5,8,10H,6-7,9H2,(H,17,19)(H,18,20). The summed E-state index contributed by atoms with van der Waals surface area (Å²) in [5.41, 5.74) is 1.61. The lowest BCUT2D eigenvalue weighted by atomic mass is 9.98. The molecule has 1 fully saturated rings. The second-order valence-corrected chi connectivity index (χ2v) is 4.90. The van der Waals surface area contributed by atoms with Crippen LogP contribution in [0.25, 0.3) is 10.9 Å². The number of fused-ring (bicyclic) bond motifs is 1. The molecule has 3 rings (SSSR count). The normalized spacial score (nSPS) is 18.6. The molecule has 5 heteroatoms. The van der Waals surface area contributed by atoms with Crippen molar-refractivity contribution in [2.45, 2.75) is 12.8 Å². The first-order valence-electron chi connectivity index (χ1n) is 6.65. The van der Waals surface area contributed by atoms with Crippen LogP contribution >= 0.6 is 0 Å². The number of hydrogen-bond acceptors (Lipinski definition) is 3. The first-order valence-corrected chi connectivity index (χ1v) is 6.65. The van der Waals surface area contributed by atoms with Gasteiger partial charge in [-0.1, -0.05) is 6.07 Å². The van der Waals surface area contributed by atoms with Crippen molar-refractivity contribution in [3.05, 3.63) is 36.5 Å². The fourth-order valence-electron chi connectivity index (χ4n) is 2.40. The highest BCUT2D eigenvalue weighted by Crippen LogP contribution is 2.22. The Morgan fingerprint density at radius 1 is 1.30 bits per heavy atom. The number of aromatic nitrogens is 1. The maximum atomic E-state index is 12.2. The SMILES string of the molecule is O=C1CCC(C(=O)Nc2cccc3ncccc23)CN1. The van der Waals surface area contributed by atoms with Crippen LogP contribution in [0, 0.1) is 5.92 Å². The molecule has 0 spiro atoms. The summed E-state index contributed by atoms with van der Waals surface area (Å²) >= 11 is 0. The quantitative estimate of drug-likeness (QED) is 0.871. The minimum atomic E-state index is -0.167. The van der Waals surface area contributed by atoms with Gasteiger partial charge in [0.1, 0.15) is 0 Å². The lowest BCUT2D eigenvalue weighted by Gasteiger charge is -2.21. The van der Waals surface area contributed by atoms with E-state index in [-0.39, 0.29) is 17.7 Å². The summed E-state index contributed by atoms with van der Waals surface area (Å²) in [5.74, 6) is -0.204. The molecule has 0 saturated carbocycles. The fourth-order valence-corrected chi connectivity index (χ4v) is 2.40. The maximum absolute atomic E-state index is 12.2. The predicted molar refractivity (Wildman–Crippen MR) is 76.1 cm³/mol. The number of anilines is 1. The van der Waals surface area contributed by atoms with Crippen molar-refractivity contribution in [1.29, 1.82) is 0 Å². The van der Waals surface area contributed by atoms with E-state index in [4.69, 9.17) is 0 Å². The van der Waals surface area contributed by atoms with Crippen molar-refractivity contribution in [3.63, 3.8) is 0 Å². The van der Waals surface area contributed by atoms with Gasteiger partial charge >= 0.3 is 0 Å². The van der Waals surface area contributed by atoms with Gasteiger partial charge in [-0.3, -0.25) is 14.6 Å². The Morgan fingerprint density at radius 3 is 3.00 bits per heavy atom. The molecule has 2 amide bonds. The molecule has 1 aliphatic rings. The second kappa shape index (κ2) is 5.28. The van der Waals surface area contributed by atoms with Gasteiger partial charge in [0.15, 0.2) is 0 Å². The summed E-state index contributed by atoms with van der Waals surface area (Å²) in [5, 5.41) is 6.58. The van der Waals surface area contributed by atoms with Gasteiger partial charge in [-0.15, -0.1) is 0 Å². The summed E-state index contributed by atoms with van der Waals surface area (Å²) in [4.78, 5) is 27.6. The Balaban J connectivity index is 1.79. The third-order valence-electron chi connectivity index (χ3n) is 3.54. The van der Waals surface area contributed by atoms with Gasteiger partial charge in [0.25, 0.3) is 0 Å². The van der Waals surface area contributed by atoms with E-state index in [2.05, 4.69) is 15.6 Å². The Labute approximate surface area is 116 Å². The molecule has 0 aliphatic carbocycles. The van der Waals surface area contributed by atoms with Gasteiger partial charge in [-0.05, 0) is 30.7 Å². The van der Waals surface area contributed by atoms with Crippen molar-refractivity contribution < 1.29 is 9.59 Å². The topological polar surface area (TPSA) is 71.1 Å². The number of nitrogens with zero attached hydrogens (tertiary/aromatic N) is 1. The van der Waals surface area contributed by atoms with E-state index >= 15 is 0 Å². The summed E-state index contributed by atoms with van der Waals surface area (Å²) in [6.45, 7) is 0.410. The number of carbonyl (C=O) groups is 2. The smallest absolute Gasteiger partial charge is 0.229 e. The highest BCUT2D eigenvalue weighted by molar-refractivity contribution is 6.02. The van der Waals surface area contributed by atoms with Crippen molar-refractivity contribution in [1.82, 2.24) is 10.3 Å². The molecule has 102 valence electrons. The number of pyridine rings is 1. The van der Waals surface area contributed by atoms with Crippen LogP contribution in [0.4, 0.5) is 5.69 Å². The third-order valence-corrected chi connectivity index (χ3v) is 3.54. The summed E-state index contributed by atoms with van der Waals surface area (Å²) in [7, 11) is 0. The van der Waals surface area contributed by atoms with Crippen LogP contribution in [0.3, 0.4) is 0 Å². The average molecular weight is 269 g/mol. The van der Waals surface area contributed by atoms with Crippen LogP contribution in [0.2, 0.25) is 0 Å². The van der Waals surface area contributed by atoms with E-state index < -0.39 is 0 Å². The molecule has 1 unspecified atom stereocenters. The highest BCUT2D eigenvalue weighted by Gasteiger charge is 2.24. The molecule has 2 heterocycles. The first-order chi connectivity index (χ1) is 9.74. The van der Waals surface area contributed by atoms with Gasteiger partial charge in [0.05, 0.1) is 17.1 Å². The molecule has 0 radical (unpaired) electrons. The number of carbonyl (C=O) groups excluding carboxylic acids is 2. The van der Waals surface area contributed by atoms with Crippen LogP contribution in [0.15, 0.2) is 36.5 Å². The lowest BCUT2D eigenvalue weighted by molar-refractivity contribution is -0.126. The summed E-state index contributed by atoms with van der Waals surface area (Å²) in [6.07, 6.45) is 2.74. The highest BCUT2D eigenvalue weighted by atomic mass is 16.2. The molecule has 2 N–H and O–H groups in total. The van der Waals surface area contributed by atoms with E-state index in [1.807, 2.05) is 30.3 Å². The van der Waals surface area contributed by atoms with Gasteiger partial charge in [-0.2, -0.15) is 0 Å². The van der Waals surface area contributed by atoms with Crippen molar-refractivity contribution in [2.24, 2.45) is 5.92 Å². The first kappa shape index (κ1) is 12.6. The van der Waals surface area contributed by atoms with Crippen LogP contribution in [0.1, 0.15) is 12.8 Å². The zero-order valence-electron chi connectivity index (χ0n) is 10.9. The molecule has 1 atom stereocenters. The van der Waals surface area contributed by atoms with Gasteiger partial charge in [0, 0.05) is 24.5 Å². The van der Waals surface area contributed by atoms with E-state index in [0.717, 1.165) is 16.6 Å². The molecule has 1 aromatic carbocycles. The summed E-state index contributed by atoms with van der Waals surface area (Å²) in [6, 6.07) is 9.42. The molecular weight excluding hydrogens is 254 g/mol. The predicted octanol–water partition coefficient (Wildman–Crippen LogP) is 1.70. The van der Waals surface area contributed by atoms with Gasteiger partial charge in [0.2, 0.25) is 11.8 Å². The molecule has 5 nitrogen and oxygen atoms in total. The van der Waals surface area contributed by atoms with Crippen LogP contribution < -0.4 is 10.6 Å². The van der Waals surface area contributed by atoms with Crippen LogP contribution in [-0.2, 0) is 9.59 Å². The van der Waals surface area contributed by atoms with Crippen LogP contribution in [0.5, 0.6) is 0 Å². The minimum absolute atomic E-state index is 0.0170. The number of benzene rings is 1. The largest absolute Gasteiger partial charge is 0.355 e. The van der Waals surface area contributed by atoms with Crippen molar-refractivity contribution in [3.8, 4) is 0 Å². The molecule has 2 aromatic rings. The Morgan fingerprint density at radius 2 is 2.20 bits per heavy atom. The Bertz CT molecular complexity index is 654. The lowest BCUT2D eigenvalue weighted by Crippen LogP contribution is -2.40. The molecule has 1 aromatic heterocycles. The minimum Gasteiger partial charge on any atom is -0.355 e. The van der Waals surface area contributed by atoms with E-state index in [1.165, 1.54) is 0 Å². The molecule has 0 bridgehead atoms. The Kier molecular flexibility index (Phi) is 3.33. The van der Waals surface area contributed by atoms with Crippen molar-refractivity contribution in [2.75, 3.05) is 11.9 Å². The monoisotopic (exact) mass is 269 g/mol. The second-order valence-electron chi connectivity index (χ2n) is 4.90. The maximum Gasteiger partial charge on any atom is 0.229 e. The van der Waals surface area contributed by atoms with Gasteiger partial charge in [-0.25, -0.2) is 0 Å². The number of piperidine rings is 1. The molecule has 1 aliphatic heterocycles. The van der Waals surface area contributed by atoms with E-state index in [0.29, 0.717) is 19.4 Å². The molecule has 1 saturated heterocycles. The molecule has 20 heavy (non-hydrogen) atoms. The van der Waals surface area contributed by atoms with Crippen molar-refractivity contribution >= 4 is 28.4 Å². The van der Waals surface area contributed by atoms with Gasteiger partial charge < -0.3 is 10.6 Å². The molecular formula is C15H15N3O2. The number of rotatable bonds is 2. The zero-order valence-corrected chi connectivity index (χ0v) is 10.9. The average Bonchev–Trinajstić information content (AvgIpc) is 2.48. The third kappa shape index (κ3) is 2.47. The van der Waals surface area contributed by atoms with Crippen LogP contribution in [-0.4, -0.2) is 23.3 Å². The number of amides is 2. The summed E-state index contributed by atoms with van der Waals surface area (Å²) < 4.78 is 0. The van der Waals surface area contributed by atoms with E-state index in [1.54, 1.807) is 6.20 Å². The number of nitrogens with one attached hydrogen (secondary N) is 2. The number of hydrogen-bond donors (Lipinski definition) is 2.